The summed E-state index contributed by atoms with van der Waals surface area (Å²) in [6, 6.07) is 0.0999. The van der Waals surface area contributed by atoms with Gasteiger partial charge in [-0.25, -0.2) is 4.98 Å². The summed E-state index contributed by atoms with van der Waals surface area (Å²) >= 11 is 0. The lowest BCUT2D eigenvalue weighted by molar-refractivity contribution is -0.136. The molecule has 1 atom stereocenters. The first-order valence-corrected chi connectivity index (χ1v) is 8.63. The van der Waals surface area contributed by atoms with Gasteiger partial charge in [-0.2, -0.15) is 5.10 Å². The molecule has 3 heterocycles. The maximum Gasteiger partial charge on any atom is 0.226 e. The molecular formula is C16H24N4O2. The Morgan fingerprint density at radius 1 is 1.14 bits per heavy atom. The molecule has 6 nitrogen and oxygen atoms in total. The molecule has 22 heavy (non-hydrogen) atoms. The number of carbonyl (C=O) groups is 1. The fraction of sp³-hybridized carbons (Fsp3) is 0.812. The molecule has 3 aliphatic rings. The van der Waals surface area contributed by atoms with Gasteiger partial charge in [0.15, 0.2) is 5.82 Å². The monoisotopic (exact) mass is 304 g/mol. The second-order valence-corrected chi connectivity index (χ2v) is 6.78. The van der Waals surface area contributed by atoms with Crippen molar-refractivity contribution in [1.29, 1.82) is 0 Å². The minimum atomic E-state index is 0.0999. The number of hydrogen-bond acceptors (Lipinski definition) is 4. The fourth-order valence-corrected chi connectivity index (χ4v) is 3.62. The Labute approximate surface area is 130 Å². The molecule has 1 aliphatic carbocycles. The fourth-order valence-electron chi connectivity index (χ4n) is 3.62. The zero-order valence-electron chi connectivity index (χ0n) is 13.0. The normalized spacial score (nSPS) is 27.1. The van der Waals surface area contributed by atoms with Crippen LogP contribution < -0.4 is 0 Å². The third-order valence-corrected chi connectivity index (χ3v) is 5.13. The van der Waals surface area contributed by atoms with Crippen molar-refractivity contribution in [3.63, 3.8) is 0 Å². The molecule has 0 aromatic carbocycles. The van der Waals surface area contributed by atoms with E-state index in [9.17, 15) is 4.79 Å². The van der Waals surface area contributed by atoms with Crippen molar-refractivity contribution in [3.05, 3.63) is 11.6 Å². The van der Waals surface area contributed by atoms with Crippen molar-refractivity contribution >= 4 is 5.91 Å². The van der Waals surface area contributed by atoms with Gasteiger partial charge in [-0.3, -0.25) is 9.89 Å². The Morgan fingerprint density at radius 3 is 2.73 bits per heavy atom. The average Bonchev–Trinajstić information content (AvgIpc) is 3.32. The lowest BCUT2D eigenvalue weighted by Gasteiger charge is -2.34. The Bertz CT molecular complexity index is 534. The van der Waals surface area contributed by atoms with Crippen LogP contribution in [0.5, 0.6) is 0 Å². The summed E-state index contributed by atoms with van der Waals surface area (Å²) in [5.41, 5.74) is 0. The van der Waals surface area contributed by atoms with E-state index in [0.717, 1.165) is 76.4 Å². The number of rotatable bonds is 3. The van der Waals surface area contributed by atoms with Gasteiger partial charge in [-0.15, -0.1) is 0 Å². The predicted molar refractivity (Wildman–Crippen MR) is 80.2 cm³/mol. The third kappa shape index (κ3) is 2.76. The molecule has 120 valence electrons. The number of likely N-dealkylation sites (tertiary alicyclic amines) is 1. The van der Waals surface area contributed by atoms with Gasteiger partial charge < -0.3 is 9.64 Å². The van der Waals surface area contributed by atoms with E-state index >= 15 is 0 Å². The molecule has 0 radical (unpaired) electrons. The highest BCUT2D eigenvalue weighted by molar-refractivity contribution is 5.81. The van der Waals surface area contributed by atoms with Crippen molar-refractivity contribution in [2.24, 2.45) is 5.92 Å². The number of ether oxygens (including phenoxy) is 1. The number of aromatic nitrogens is 3. The van der Waals surface area contributed by atoms with Crippen LogP contribution in [0.4, 0.5) is 0 Å². The summed E-state index contributed by atoms with van der Waals surface area (Å²) in [7, 11) is 0. The van der Waals surface area contributed by atoms with E-state index in [-0.39, 0.29) is 12.0 Å². The van der Waals surface area contributed by atoms with Crippen LogP contribution in [0.1, 0.15) is 68.6 Å². The second kappa shape index (κ2) is 5.99. The van der Waals surface area contributed by atoms with Gasteiger partial charge in [0, 0.05) is 31.6 Å². The molecular weight excluding hydrogens is 280 g/mol. The molecule has 1 aromatic rings. The molecule has 6 heteroatoms. The van der Waals surface area contributed by atoms with E-state index in [1.54, 1.807) is 0 Å². The van der Waals surface area contributed by atoms with E-state index in [0.29, 0.717) is 11.8 Å². The van der Waals surface area contributed by atoms with Gasteiger partial charge in [0.2, 0.25) is 5.91 Å². The van der Waals surface area contributed by atoms with Gasteiger partial charge in [0.1, 0.15) is 5.82 Å². The minimum Gasteiger partial charge on any atom is -0.381 e. The average molecular weight is 304 g/mol. The maximum absolute atomic E-state index is 12.5. The van der Waals surface area contributed by atoms with Gasteiger partial charge in [-0.1, -0.05) is 0 Å². The standard InChI is InChI=1S/C16H24N4O2/c21-16(12-4-5-12)20-8-2-1-3-13(20)15-17-14(18-19-15)11-6-9-22-10-7-11/h11-13H,1-10H2,(H,17,18,19). The number of nitrogens with one attached hydrogen (secondary N) is 1. The summed E-state index contributed by atoms with van der Waals surface area (Å²) in [6.45, 7) is 2.46. The van der Waals surface area contributed by atoms with Gasteiger partial charge >= 0.3 is 0 Å². The zero-order valence-corrected chi connectivity index (χ0v) is 13.0. The first-order valence-electron chi connectivity index (χ1n) is 8.63. The van der Waals surface area contributed by atoms with E-state index in [1.807, 2.05) is 0 Å². The Balaban J connectivity index is 1.51. The third-order valence-electron chi connectivity index (χ3n) is 5.13. The lowest BCUT2D eigenvalue weighted by Crippen LogP contribution is -2.39. The molecule has 1 aromatic heterocycles. The van der Waals surface area contributed by atoms with Crippen LogP contribution in [-0.2, 0) is 9.53 Å². The second-order valence-electron chi connectivity index (χ2n) is 6.78. The van der Waals surface area contributed by atoms with Gasteiger partial charge in [0.25, 0.3) is 0 Å². The van der Waals surface area contributed by atoms with Crippen LogP contribution in [0.3, 0.4) is 0 Å². The Kier molecular flexibility index (Phi) is 3.86. The number of amides is 1. The maximum atomic E-state index is 12.5. The zero-order chi connectivity index (χ0) is 14.9. The highest BCUT2D eigenvalue weighted by Crippen LogP contribution is 2.37. The van der Waals surface area contributed by atoms with E-state index in [1.165, 1.54) is 0 Å². The molecule has 2 aliphatic heterocycles. The molecule has 0 bridgehead atoms. The molecule has 1 saturated carbocycles. The molecule has 1 N–H and O–H groups in total. The smallest absolute Gasteiger partial charge is 0.226 e. The summed E-state index contributed by atoms with van der Waals surface area (Å²) in [6.07, 6.45) is 7.38. The van der Waals surface area contributed by atoms with Crippen molar-refractivity contribution in [3.8, 4) is 0 Å². The van der Waals surface area contributed by atoms with E-state index < -0.39 is 0 Å². The van der Waals surface area contributed by atoms with Crippen molar-refractivity contribution in [1.82, 2.24) is 20.1 Å². The number of piperidine rings is 1. The lowest BCUT2D eigenvalue weighted by atomic mass is 9.99. The van der Waals surface area contributed by atoms with E-state index in [2.05, 4.69) is 15.1 Å². The predicted octanol–water partition coefficient (Wildman–Crippen LogP) is 2.16. The number of nitrogens with zero attached hydrogens (tertiary/aromatic N) is 3. The molecule has 0 spiro atoms. The number of aromatic amines is 1. The Hall–Kier alpha value is -1.43. The highest BCUT2D eigenvalue weighted by Gasteiger charge is 2.38. The SMILES string of the molecule is O=C(C1CC1)N1CCCCC1c1nc(C2CCOCC2)n[nH]1. The minimum absolute atomic E-state index is 0.0999. The van der Waals surface area contributed by atoms with Crippen LogP contribution in [0.2, 0.25) is 0 Å². The first-order chi connectivity index (χ1) is 10.8. The number of hydrogen-bond donors (Lipinski definition) is 1. The van der Waals surface area contributed by atoms with Gasteiger partial charge in [-0.05, 0) is 44.9 Å². The first kappa shape index (κ1) is 14.2. The number of H-pyrrole nitrogens is 1. The van der Waals surface area contributed by atoms with E-state index in [4.69, 9.17) is 9.72 Å². The summed E-state index contributed by atoms with van der Waals surface area (Å²) in [5.74, 6) is 2.79. The van der Waals surface area contributed by atoms with Crippen LogP contribution >= 0.6 is 0 Å². The molecule has 4 rings (SSSR count). The quantitative estimate of drug-likeness (QED) is 0.929. The van der Waals surface area contributed by atoms with Crippen LogP contribution in [0.15, 0.2) is 0 Å². The highest BCUT2D eigenvalue weighted by atomic mass is 16.5. The summed E-state index contributed by atoms with van der Waals surface area (Å²) in [5, 5.41) is 7.56. The van der Waals surface area contributed by atoms with Gasteiger partial charge in [0.05, 0.1) is 6.04 Å². The molecule has 1 amide bonds. The number of carbonyl (C=O) groups excluding carboxylic acids is 1. The summed E-state index contributed by atoms with van der Waals surface area (Å²) < 4.78 is 5.41. The van der Waals surface area contributed by atoms with Crippen molar-refractivity contribution in [2.45, 2.75) is 56.9 Å². The van der Waals surface area contributed by atoms with Crippen LogP contribution in [0, 0.1) is 5.92 Å². The van der Waals surface area contributed by atoms with Crippen LogP contribution in [0.25, 0.3) is 0 Å². The summed E-state index contributed by atoms with van der Waals surface area (Å²) in [4.78, 5) is 19.3. The topological polar surface area (TPSA) is 71.1 Å². The van der Waals surface area contributed by atoms with Crippen LogP contribution in [-0.4, -0.2) is 45.7 Å². The van der Waals surface area contributed by atoms with Crippen molar-refractivity contribution < 1.29 is 9.53 Å². The molecule has 2 saturated heterocycles. The molecule has 3 fully saturated rings. The van der Waals surface area contributed by atoms with Crippen molar-refractivity contribution in [2.75, 3.05) is 19.8 Å². The largest absolute Gasteiger partial charge is 0.381 e. The Morgan fingerprint density at radius 2 is 1.95 bits per heavy atom. The molecule has 1 unspecified atom stereocenters.